The van der Waals surface area contributed by atoms with Gasteiger partial charge in [-0.25, -0.2) is 4.98 Å². The largest absolute Gasteiger partial charge is 0.354 e. The van der Waals surface area contributed by atoms with Crippen LogP contribution >= 0.6 is 0 Å². The second-order valence-corrected chi connectivity index (χ2v) is 4.47. The number of rotatable bonds is 1. The van der Waals surface area contributed by atoms with E-state index in [1.165, 1.54) is 0 Å². The molecule has 2 aromatic rings. The molecule has 0 bridgehead atoms. The summed E-state index contributed by atoms with van der Waals surface area (Å²) in [5.74, 6) is 0.734. The monoisotopic (exact) mass is 240 g/mol. The minimum absolute atomic E-state index is 0.139. The van der Waals surface area contributed by atoms with Crippen molar-refractivity contribution in [2.45, 2.75) is 12.5 Å². The minimum Gasteiger partial charge on any atom is -0.354 e. The lowest BCUT2D eigenvalue weighted by atomic mass is 10.2. The first kappa shape index (κ1) is 9.80. The number of nitriles is 1. The lowest BCUT2D eigenvalue weighted by Gasteiger charge is -2.19. The maximum atomic E-state index is 9.06. The standard InChI is InChI=1S/C13H13N5/c14-6-11-5-9-7-16-3-1-12(9)13(17-11)18-4-2-10(15)8-18/h1,3,5,7,10H,2,4,8,15H2/t10-/m1/s1/i3D. The van der Waals surface area contributed by atoms with Gasteiger partial charge in [-0.1, -0.05) is 0 Å². The van der Waals surface area contributed by atoms with Crippen molar-refractivity contribution in [3.8, 4) is 6.07 Å². The van der Waals surface area contributed by atoms with Gasteiger partial charge in [0, 0.05) is 42.3 Å². The van der Waals surface area contributed by atoms with Crippen LogP contribution in [0.3, 0.4) is 0 Å². The molecule has 1 fully saturated rings. The molecule has 5 heteroatoms. The number of anilines is 1. The molecule has 0 amide bonds. The summed E-state index contributed by atoms with van der Waals surface area (Å²) in [6.45, 7) is 1.56. The summed E-state index contributed by atoms with van der Waals surface area (Å²) in [6.07, 6.45) is 2.72. The Morgan fingerprint density at radius 1 is 1.61 bits per heavy atom. The first-order valence-corrected chi connectivity index (χ1v) is 5.85. The Bertz CT molecular complexity index is 679. The zero-order chi connectivity index (χ0) is 13.4. The predicted octanol–water partition coefficient (Wildman–Crippen LogP) is 1.04. The Balaban J connectivity index is 2.20. The van der Waals surface area contributed by atoms with Crippen LogP contribution in [0.5, 0.6) is 0 Å². The number of aromatic nitrogens is 2. The molecule has 0 radical (unpaired) electrons. The number of fused-ring (bicyclic) bond motifs is 1. The van der Waals surface area contributed by atoms with Gasteiger partial charge < -0.3 is 10.6 Å². The molecule has 0 saturated carbocycles. The number of hydrogen-bond donors (Lipinski definition) is 1. The average Bonchev–Trinajstić information content (AvgIpc) is 2.84. The lowest BCUT2D eigenvalue weighted by Crippen LogP contribution is -2.27. The van der Waals surface area contributed by atoms with E-state index in [4.69, 9.17) is 12.4 Å². The molecule has 2 N–H and O–H groups in total. The van der Waals surface area contributed by atoms with Gasteiger partial charge in [-0.05, 0) is 18.6 Å². The first-order chi connectivity index (χ1) is 9.17. The van der Waals surface area contributed by atoms with E-state index >= 15 is 0 Å². The van der Waals surface area contributed by atoms with E-state index in [9.17, 15) is 0 Å². The van der Waals surface area contributed by atoms with E-state index in [1.54, 1.807) is 18.3 Å². The van der Waals surface area contributed by atoms with Crippen LogP contribution in [0.15, 0.2) is 24.5 Å². The summed E-state index contributed by atoms with van der Waals surface area (Å²) in [6, 6.07) is 5.58. The van der Waals surface area contributed by atoms with Crippen molar-refractivity contribution in [3.05, 3.63) is 30.2 Å². The summed E-state index contributed by atoms with van der Waals surface area (Å²) in [5, 5.41) is 10.7. The van der Waals surface area contributed by atoms with Gasteiger partial charge in [0.15, 0.2) is 0 Å². The van der Waals surface area contributed by atoms with Crippen molar-refractivity contribution in [1.82, 2.24) is 9.97 Å². The van der Waals surface area contributed by atoms with Gasteiger partial charge in [0.05, 0.1) is 1.37 Å². The summed E-state index contributed by atoms with van der Waals surface area (Å²) in [7, 11) is 0. The van der Waals surface area contributed by atoms with Crippen LogP contribution in [0.25, 0.3) is 10.8 Å². The minimum atomic E-state index is 0.139. The first-order valence-electron chi connectivity index (χ1n) is 6.35. The van der Waals surface area contributed by atoms with Gasteiger partial charge in [0.1, 0.15) is 17.6 Å². The van der Waals surface area contributed by atoms with Crippen LogP contribution in [0, 0.1) is 11.3 Å². The molecule has 1 aliphatic rings. The molecule has 90 valence electrons. The molecule has 1 saturated heterocycles. The van der Waals surface area contributed by atoms with E-state index in [-0.39, 0.29) is 12.2 Å². The van der Waals surface area contributed by atoms with Crippen LogP contribution in [-0.2, 0) is 0 Å². The third kappa shape index (κ3) is 1.77. The SMILES string of the molecule is [2H]c1cc2c(N3CC[C@@H](N)C3)nc(C#N)cc2cn1. The van der Waals surface area contributed by atoms with Gasteiger partial charge >= 0.3 is 0 Å². The molecular weight excluding hydrogens is 226 g/mol. The van der Waals surface area contributed by atoms with Gasteiger partial charge in [-0.2, -0.15) is 5.26 Å². The van der Waals surface area contributed by atoms with Crippen LogP contribution < -0.4 is 10.6 Å². The van der Waals surface area contributed by atoms with Crippen molar-refractivity contribution >= 4 is 16.6 Å². The molecular formula is C13H13N5. The maximum Gasteiger partial charge on any atom is 0.143 e. The van der Waals surface area contributed by atoms with Crippen LogP contribution in [-0.4, -0.2) is 29.1 Å². The molecule has 18 heavy (non-hydrogen) atoms. The molecule has 5 nitrogen and oxygen atoms in total. The van der Waals surface area contributed by atoms with E-state index in [0.29, 0.717) is 5.69 Å². The van der Waals surface area contributed by atoms with Gasteiger partial charge in [0.25, 0.3) is 0 Å². The second-order valence-electron chi connectivity index (χ2n) is 4.47. The smallest absolute Gasteiger partial charge is 0.143 e. The lowest BCUT2D eigenvalue weighted by molar-refractivity contribution is 0.751. The fourth-order valence-corrected chi connectivity index (χ4v) is 2.30. The highest BCUT2D eigenvalue weighted by Gasteiger charge is 2.22. The number of nitrogens with two attached hydrogens (primary N) is 1. The van der Waals surface area contributed by atoms with Crippen LogP contribution in [0.1, 0.15) is 13.5 Å². The van der Waals surface area contributed by atoms with Gasteiger partial charge in [-0.3, -0.25) is 4.98 Å². The molecule has 3 heterocycles. The Morgan fingerprint density at radius 2 is 2.50 bits per heavy atom. The molecule has 0 spiro atoms. The molecule has 0 unspecified atom stereocenters. The number of hydrogen-bond acceptors (Lipinski definition) is 5. The van der Waals surface area contributed by atoms with E-state index in [1.807, 2.05) is 0 Å². The Hall–Kier alpha value is -2.19. The fraction of sp³-hybridized carbons (Fsp3) is 0.308. The van der Waals surface area contributed by atoms with Crippen molar-refractivity contribution in [1.29, 1.82) is 5.26 Å². The zero-order valence-corrected chi connectivity index (χ0v) is 9.80. The van der Waals surface area contributed by atoms with E-state index in [2.05, 4.69) is 20.9 Å². The highest BCUT2D eigenvalue weighted by Crippen LogP contribution is 2.27. The van der Waals surface area contributed by atoms with Crippen molar-refractivity contribution in [2.24, 2.45) is 5.73 Å². The quantitative estimate of drug-likeness (QED) is 0.805. The number of pyridine rings is 2. The summed E-state index contributed by atoms with van der Waals surface area (Å²) in [4.78, 5) is 10.4. The topological polar surface area (TPSA) is 78.8 Å². The predicted molar refractivity (Wildman–Crippen MR) is 69.1 cm³/mol. The van der Waals surface area contributed by atoms with Crippen molar-refractivity contribution in [3.63, 3.8) is 0 Å². The van der Waals surface area contributed by atoms with E-state index in [0.717, 1.165) is 36.1 Å². The fourth-order valence-electron chi connectivity index (χ4n) is 2.30. The van der Waals surface area contributed by atoms with Crippen LogP contribution in [0.4, 0.5) is 5.82 Å². The molecule has 3 rings (SSSR count). The second kappa shape index (κ2) is 4.24. The third-order valence-corrected chi connectivity index (χ3v) is 3.20. The normalized spacial score (nSPS) is 19.9. The number of nitrogens with zero attached hydrogens (tertiary/aromatic N) is 4. The van der Waals surface area contributed by atoms with E-state index < -0.39 is 0 Å². The Morgan fingerprint density at radius 3 is 3.22 bits per heavy atom. The van der Waals surface area contributed by atoms with Crippen molar-refractivity contribution < 1.29 is 1.37 Å². The zero-order valence-electron chi connectivity index (χ0n) is 10.8. The van der Waals surface area contributed by atoms with Crippen molar-refractivity contribution in [2.75, 3.05) is 18.0 Å². The molecule has 1 atom stereocenters. The summed E-state index contributed by atoms with van der Waals surface area (Å²) < 4.78 is 7.64. The molecule has 0 aromatic carbocycles. The summed E-state index contributed by atoms with van der Waals surface area (Å²) in [5.41, 5.74) is 6.29. The molecule has 0 aliphatic carbocycles. The van der Waals surface area contributed by atoms with Gasteiger partial charge in [0.2, 0.25) is 0 Å². The molecule has 1 aliphatic heterocycles. The maximum absolute atomic E-state index is 9.06. The highest BCUT2D eigenvalue weighted by molar-refractivity contribution is 5.92. The Labute approximate surface area is 106 Å². The molecule has 2 aromatic heterocycles. The summed E-state index contributed by atoms with van der Waals surface area (Å²) >= 11 is 0. The highest BCUT2D eigenvalue weighted by atomic mass is 15.2. The average molecular weight is 240 g/mol. The Kier molecular flexibility index (Phi) is 2.31. The van der Waals surface area contributed by atoms with Crippen LogP contribution in [0.2, 0.25) is 0 Å². The van der Waals surface area contributed by atoms with Gasteiger partial charge in [-0.15, -0.1) is 0 Å². The third-order valence-electron chi connectivity index (χ3n) is 3.20.